The monoisotopic (exact) mass is 512 g/mol. The normalized spacial score (nSPS) is 12.5. The van der Waals surface area contributed by atoms with Gasteiger partial charge < -0.3 is 19.9 Å². The van der Waals surface area contributed by atoms with Crippen molar-refractivity contribution in [3.8, 4) is 5.75 Å². The van der Waals surface area contributed by atoms with Crippen molar-refractivity contribution in [1.29, 1.82) is 0 Å². The Bertz CT molecular complexity index is 1080. The van der Waals surface area contributed by atoms with E-state index >= 15 is 0 Å². The minimum absolute atomic E-state index is 0.137. The SMILES string of the molecule is CCC(=O)OC(C)(C)C.NC(=O)CN1C(=O)c2cccc(OCCCCOCc3ccccc3)c2C1=O. The van der Waals surface area contributed by atoms with Crippen LogP contribution in [0.1, 0.15) is 73.2 Å². The number of unbranched alkanes of at least 4 members (excludes halogenated alkanes) is 1. The van der Waals surface area contributed by atoms with Crippen molar-refractivity contribution in [2.24, 2.45) is 5.73 Å². The molecule has 0 radical (unpaired) electrons. The fourth-order valence-corrected chi connectivity index (χ4v) is 3.39. The van der Waals surface area contributed by atoms with Crippen LogP contribution < -0.4 is 10.5 Å². The van der Waals surface area contributed by atoms with Crippen LogP contribution in [0.2, 0.25) is 0 Å². The Kier molecular flexibility index (Phi) is 11.3. The van der Waals surface area contributed by atoms with Gasteiger partial charge in [-0.3, -0.25) is 24.1 Å². The molecule has 0 aliphatic carbocycles. The second kappa shape index (κ2) is 14.1. The number of primary amides is 1. The van der Waals surface area contributed by atoms with Crippen LogP contribution in [0.25, 0.3) is 0 Å². The quantitative estimate of drug-likeness (QED) is 0.275. The topological polar surface area (TPSA) is 125 Å². The summed E-state index contributed by atoms with van der Waals surface area (Å²) in [5, 5.41) is 0. The van der Waals surface area contributed by atoms with Crippen LogP contribution in [-0.4, -0.2) is 54.0 Å². The predicted octanol–water partition coefficient (Wildman–Crippen LogP) is 3.88. The van der Waals surface area contributed by atoms with Gasteiger partial charge in [0.05, 0.1) is 24.3 Å². The van der Waals surface area contributed by atoms with Crippen LogP contribution in [-0.2, 0) is 25.7 Å². The molecule has 3 rings (SSSR count). The molecule has 200 valence electrons. The van der Waals surface area contributed by atoms with E-state index in [4.69, 9.17) is 19.9 Å². The van der Waals surface area contributed by atoms with Gasteiger partial charge in [0.1, 0.15) is 17.9 Å². The number of imide groups is 1. The van der Waals surface area contributed by atoms with Crippen LogP contribution in [0.5, 0.6) is 5.75 Å². The molecule has 2 aromatic carbocycles. The molecule has 0 aromatic heterocycles. The molecule has 0 saturated carbocycles. The van der Waals surface area contributed by atoms with Crippen molar-refractivity contribution >= 4 is 23.7 Å². The van der Waals surface area contributed by atoms with Crippen LogP contribution in [0.15, 0.2) is 48.5 Å². The Hall–Kier alpha value is -3.72. The highest BCUT2D eigenvalue weighted by atomic mass is 16.6. The number of esters is 1. The molecule has 3 amide bonds. The fourth-order valence-electron chi connectivity index (χ4n) is 3.39. The molecule has 2 aromatic rings. The van der Waals surface area contributed by atoms with Crippen molar-refractivity contribution in [3.05, 3.63) is 65.2 Å². The van der Waals surface area contributed by atoms with Gasteiger partial charge in [-0.1, -0.05) is 43.3 Å². The van der Waals surface area contributed by atoms with Crippen LogP contribution in [0.3, 0.4) is 0 Å². The highest BCUT2D eigenvalue weighted by Gasteiger charge is 2.38. The number of hydrogen-bond acceptors (Lipinski definition) is 7. The molecule has 9 nitrogen and oxygen atoms in total. The maximum atomic E-state index is 12.5. The van der Waals surface area contributed by atoms with Gasteiger partial charge in [0.2, 0.25) is 5.91 Å². The van der Waals surface area contributed by atoms with E-state index in [0.29, 0.717) is 32.0 Å². The smallest absolute Gasteiger partial charge is 0.306 e. The highest BCUT2D eigenvalue weighted by molar-refractivity contribution is 6.23. The molecule has 1 heterocycles. The molecule has 0 bridgehead atoms. The first kappa shape index (κ1) is 29.5. The van der Waals surface area contributed by atoms with Gasteiger partial charge in [-0.2, -0.15) is 0 Å². The zero-order valence-electron chi connectivity index (χ0n) is 22.0. The lowest BCUT2D eigenvalue weighted by molar-refractivity contribution is -0.154. The number of amides is 3. The molecular formula is C28H36N2O7. The molecule has 9 heteroatoms. The zero-order chi connectivity index (χ0) is 27.4. The van der Waals surface area contributed by atoms with E-state index in [1.54, 1.807) is 25.1 Å². The van der Waals surface area contributed by atoms with E-state index in [9.17, 15) is 19.2 Å². The fraction of sp³-hybridized carbons (Fsp3) is 0.429. The number of rotatable bonds is 11. The maximum Gasteiger partial charge on any atom is 0.306 e. The predicted molar refractivity (Wildman–Crippen MR) is 138 cm³/mol. The number of carbonyl (C=O) groups is 4. The van der Waals surface area contributed by atoms with E-state index < -0.39 is 24.3 Å². The lowest BCUT2D eigenvalue weighted by Crippen LogP contribution is -2.37. The number of hydrogen-bond donors (Lipinski definition) is 1. The lowest BCUT2D eigenvalue weighted by Gasteiger charge is -2.18. The molecule has 1 aliphatic heterocycles. The van der Waals surface area contributed by atoms with Gasteiger partial charge in [0, 0.05) is 13.0 Å². The van der Waals surface area contributed by atoms with Crippen molar-refractivity contribution in [2.75, 3.05) is 19.8 Å². The van der Waals surface area contributed by atoms with Crippen molar-refractivity contribution in [1.82, 2.24) is 4.90 Å². The minimum atomic E-state index is -0.743. The van der Waals surface area contributed by atoms with Gasteiger partial charge in [-0.25, -0.2) is 0 Å². The largest absolute Gasteiger partial charge is 0.493 e. The van der Waals surface area contributed by atoms with Crippen LogP contribution in [0, 0.1) is 0 Å². The first-order valence-corrected chi connectivity index (χ1v) is 12.3. The van der Waals surface area contributed by atoms with Gasteiger partial charge in [-0.15, -0.1) is 0 Å². The van der Waals surface area contributed by atoms with Crippen molar-refractivity contribution in [3.63, 3.8) is 0 Å². The summed E-state index contributed by atoms with van der Waals surface area (Å²) in [7, 11) is 0. The van der Waals surface area contributed by atoms with E-state index in [-0.39, 0.29) is 22.7 Å². The van der Waals surface area contributed by atoms with Gasteiger partial charge in [0.25, 0.3) is 11.8 Å². The van der Waals surface area contributed by atoms with E-state index in [0.717, 1.165) is 23.3 Å². The van der Waals surface area contributed by atoms with Crippen molar-refractivity contribution < 1.29 is 33.4 Å². The summed E-state index contributed by atoms with van der Waals surface area (Å²) in [5.74, 6) is -1.62. The second-order valence-electron chi connectivity index (χ2n) is 9.38. The minimum Gasteiger partial charge on any atom is -0.493 e. The standard InChI is InChI=1S/C21H22N2O5.C7H14O2/c22-18(24)13-23-20(25)16-9-6-10-17(19(16)21(23)26)28-12-5-4-11-27-14-15-7-2-1-3-8-15;1-5-6(8)9-7(2,3)4/h1-3,6-10H,4-5,11-14H2,(H2,22,24);5H2,1-4H3. The molecule has 2 N–H and O–H groups in total. The summed E-state index contributed by atoms with van der Waals surface area (Å²) in [4.78, 5) is 47.3. The number of fused-ring (bicyclic) bond motifs is 1. The molecule has 0 fully saturated rings. The third-order valence-electron chi connectivity index (χ3n) is 5.04. The third-order valence-corrected chi connectivity index (χ3v) is 5.04. The molecule has 37 heavy (non-hydrogen) atoms. The Morgan fingerprint density at radius 1 is 0.919 bits per heavy atom. The lowest BCUT2D eigenvalue weighted by atomic mass is 10.1. The van der Waals surface area contributed by atoms with E-state index in [1.165, 1.54) is 0 Å². The second-order valence-corrected chi connectivity index (χ2v) is 9.38. The summed E-state index contributed by atoms with van der Waals surface area (Å²) in [5.41, 5.74) is 6.34. The highest BCUT2D eigenvalue weighted by Crippen LogP contribution is 2.31. The van der Waals surface area contributed by atoms with Crippen molar-refractivity contribution in [2.45, 2.75) is 59.2 Å². The number of ether oxygens (including phenoxy) is 3. The average Bonchev–Trinajstić information content (AvgIpc) is 3.08. The van der Waals surface area contributed by atoms with Gasteiger partial charge in [-0.05, 0) is 51.3 Å². The first-order chi connectivity index (χ1) is 17.5. The summed E-state index contributed by atoms with van der Waals surface area (Å²) in [6, 6.07) is 14.8. The van der Waals surface area contributed by atoms with Crippen LogP contribution in [0.4, 0.5) is 0 Å². The Balaban J connectivity index is 0.000000458. The van der Waals surface area contributed by atoms with Gasteiger partial charge >= 0.3 is 5.97 Å². The molecule has 1 aliphatic rings. The third kappa shape index (κ3) is 9.69. The summed E-state index contributed by atoms with van der Waals surface area (Å²) >= 11 is 0. The number of carbonyl (C=O) groups excluding carboxylic acids is 4. The van der Waals surface area contributed by atoms with E-state index in [1.807, 2.05) is 51.1 Å². The number of benzene rings is 2. The number of nitrogens with two attached hydrogens (primary N) is 1. The molecule has 0 saturated heterocycles. The van der Waals surface area contributed by atoms with E-state index in [2.05, 4.69) is 0 Å². The Morgan fingerprint density at radius 3 is 2.19 bits per heavy atom. The maximum absolute atomic E-state index is 12.5. The number of nitrogens with zero attached hydrogens (tertiary/aromatic N) is 1. The Morgan fingerprint density at radius 2 is 1.59 bits per heavy atom. The molecule has 0 spiro atoms. The Labute approximate surface area is 217 Å². The summed E-state index contributed by atoms with van der Waals surface area (Å²) in [6.07, 6.45) is 2.01. The van der Waals surface area contributed by atoms with Crippen LogP contribution >= 0.6 is 0 Å². The zero-order valence-corrected chi connectivity index (χ0v) is 22.0. The average molecular weight is 513 g/mol. The summed E-state index contributed by atoms with van der Waals surface area (Å²) < 4.78 is 16.3. The molecule has 0 atom stereocenters. The van der Waals surface area contributed by atoms with Gasteiger partial charge in [0.15, 0.2) is 0 Å². The summed E-state index contributed by atoms with van der Waals surface area (Å²) in [6.45, 7) is 8.50. The molecular weight excluding hydrogens is 476 g/mol. The molecule has 0 unspecified atom stereocenters. The first-order valence-electron chi connectivity index (χ1n) is 12.3.